The number of hydrogen-bond acceptors (Lipinski definition) is 14. The van der Waals surface area contributed by atoms with Crippen LogP contribution >= 0.6 is 0 Å². The Morgan fingerprint density at radius 3 is 0.841 bits per heavy atom. The number of esters is 6. The molecular formula is C53H48N4O12+2. The smallest absolute Gasteiger partial charge is 0.403 e. The van der Waals surface area contributed by atoms with Crippen LogP contribution in [0.2, 0.25) is 0 Å². The first kappa shape index (κ1) is 49.4. The van der Waals surface area contributed by atoms with Crippen molar-refractivity contribution < 1.29 is 66.3 Å². The van der Waals surface area contributed by atoms with Crippen LogP contribution in [-0.2, 0) is 42.5 Å². The van der Waals surface area contributed by atoms with Gasteiger partial charge in [0.05, 0.1) is 42.7 Å². The number of nitrogens with zero attached hydrogens (tertiary/aromatic N) is 4. The molecule has 0 bridgehead atoms. The van der Waals surface area contributed by atoms with E-state index in [4.69, 9.17) is 28.4 Å². The number of pyridine rings is 3. The van der Waals surface area contributed by atoms with Gasteiger partial charge in [0, 0.05) is 41.3 Å². The summed E-state index contributed by atoms with van der Waals surface area (Å²) in [6, 6.07) is 32.8. The van der Waals surface area contributed by atoms with E-state index in [1.807, 2.05) is 91.0 Å². The van der Waals surface area contributed by atoms with E-state index in [0.717, 1.165) is 33.8 Å². The third-order valence-electron chi connectivity index (χ3n) is 10.7. The first-order valence-electron chi connectivity index (χ1n) is 21.0. The lowest BCUT2D eigenvalue weighted by Crippen LogP contribution is -2.43. The van der Waals surface area contributed by atoms with Crippen molar-refractivity contribution in [2.75, 3.05) is 47.6 Å². The Morgan fingerprint density at radius 1 is 0.362 bits per heavy atom. The highest BCUT2D eigenvalue weighted by molar-refractivity contribution is 5.94. The summed E-state index contributed by atoms with van der Waals surface area (Å²) in [4.78, 5) is 81.0. The molecule has 0 fully saturated rings. The van der Waals surface area contributed by atoms with Crippen LogP contribution in [0.25, 0.3) is 36.5 Å². The number of carbonyl (C=O) groups is 6. The third-order valence-corrected chi connectivity index (χ3v) is 10.7. The molecule has 0 saturated heterocycles. The molecule has 0 aliphatic heterocycles. The number of aromatic nitrogens is 3. The van der Waals surface area contributed by atoms with Crippen molar-refractivity contribution in [3.05, 3.63) is 177 Å². The molecule has 6 rings (SSSR count). The molecule has 0 spiro atoms. The number of anilines is 3. The number of hydrogen-bond donors (Lipinski definition) is 0. The third kappa shape index (κ3) is 11.7. The molecule has 69 heavy (non-hydrogen) atoms. The van der Waals surface area contributed by atoms with Crippen molar-refractivity contribution >= 4 is 89.3 Å². The average Bonchev–Trinajstić information content (AvgIpc) is 3.39. The standard InChI is InChI=1S/C53H48N4O12/c1-55-44(50(60)66-5)29-37(30-45(55)51(61)67-6)13-10-34-17-23-40(24-18-34)57(39-21-15-33(16-22-39)9-12-36-27-42(48(58)64-3)54-43(28-36)49(59)65-4)41-25-19-35(20-26-41)11-14-38-31-46(52(62)68-7)56(2)47(32-38)53(63)69-8/h9-32H,1-8H3/q+2/b12-9+. The van der Waals surface area contributed by atoms with Gasteiger partial charge in [-0.25, -0.2) is 33.8 Å². The van der Waals surface area contributed by atoms with Gasteiger partial charge in [0.1, 0.15) is 25.5 Å². The molecule has 16 nitrogen and oxygen atoms in total. The molecule has 0 atom stereocenters. The Kier molecular flexibility index (Phi) is 16.1. The van der Waals surface area contributed by atoms with Gasteiger partial charge in [0.15, 0.2) is 0 Å². The lowest BCUT2D eigenvalue weighted by Gasteiger charge is -2.26. The summed E-state index contributed by atoms with van der Waals surface area (Å²) in [5.74, 6) is -3.84. The zero-order chi connectivity index (χ0) is 49.8. The number of ether oxygens (including phenoxy) is 6. The van der Waals surface area contributed by atoms with E-state index < -0.39 is 35.8 Å². The van der Waals surface area contributed by atoms with Gasteiger partial charge in [-0.05, 0) is 81.9 Å². The van der Waals surface area contributed by atoms with Crippen LogP contribution in [0.1, 0.15) is 96.3 Å². The van der Waals surface area contributed by atoms with Crippen LogP contribution in [0.15, 0.2) is 109 Å². The van der Waals surface area contributed by atoms with Crippen molar-refractivity contribution in [1.29, 1.82) is 0 Å². The molecule has 0 amide bonds. The van der Waals surface area contributed by atoms with Crippen molar-refractivity contribution in [1.82, 2.24) is 4.98 Å². The summed E-state index contributed by atoms with van der Waals surface area (Å²) < 4.78 is 32.3. The monoisotopic (exact) mass is 932 g/mol. The van der Waals surface area contributed by atoms with E-state index >= 15 is 0 Å². The number of rotatable bonds is 15. The first-order valence-corrected chi connectivity index (χ1v) is 21.0. The van der Waals surface area contributed by atoms with Crippen LogP contribution < -0.4 is 14.0 Å². The Bertz CT molecular complexity index is 2780. The Balaban J connectivity index is 1.35. The van der Waals surface area contributed by atoms with Gasteiger partial charge in [-0.3, -0.25) is 0 Å². The summed E-state index contributed by atoms with van der Waals surface area (Å²) in [6.45, 7) is 0. The topological polar surface area (TPSA) is 182 Å². The van der Waals surface area contributed by atoms with Crippen LogP contribution in [0.5, 0.6) is 0 Å². The van der Waals surface area contributed by atoms with Gasteiger partial charge in [0.25, 0.3) is 22.8 Å². The quantitative estimate of drug-likeness (QED) is 0.0563. The van der Waals surface area contributed by atoms with Crippen molar-refractivity contribution in [2.24, 2.45) is 14.1 Å². The maximum atomic E-state index is 12.6. The molecular weight excluding hydrogens is 885 g/mol. The van der Waals surface area contributed by atoms with E-state index in [2.05, 4.69) is 9.88 Å². The van der Waals surface area contributed by atoms with Gasteiger partial charge in [0.2, 0.25) is 0 Å². The molecule has 0 radical (unpaired) electrons. The molecule has 6 aromatic rings. The first-order chi connectivity index (χ1) is 33.2. The van der Waals surface area contributed by atoms with E-state index in [9.17, 15) is 28.8 Å². The summed E-state index contributed by atoms with van der Waals surface area (Å²) in [5.41, 5.74) is 7.19. The number of methoxy groups -OCH3 is 6. The van der Waals surface area contributed by atoms with Gasteiger partial charge in [-0.2, -0.15) is 9.13 Å². The summed E-state index contributed by atoms with van der Waals surface area (Å²) in [6.07, 6.45) is 10.9. The van der Waals surface area contributed by atoms with Crippen LogP contribution in [0.3, 0.4) is 0 Å². The van der Waals surface area contributed by atoms with E-state index in [0.29, 0.717) is 16.7 Å². The molecule has 350 valence electrons. The normalized spacial score (nSPS) is 11.1. The second-order valence-corrected chi connectivity index (χ2v) is 15.0. The fraction of sp³-hybridized carbons (Fsp3) is 0.151. The zero-order valence-corrected chi connectivity index (χ0v) is 39.0. The van der Waals surface area contributed by atoms with E-state index in [-0.39, 0.29) is 34.2 Å². The Morgan fingerprint density at radius 2 is 0.594 bits per heavy atom. The molecule has 3 aromatic heterocycles. The van der Waals surface area contributed by atoms with Gasteiger partial charge in [-0.1, -0.05) is 72.9 Å². The van der Waals surface area contributed by atoms with Gasteiger partial charge >= 0.3 is 35.8 Å². The minimum absolute atomic E-state index is 0.0432. The molecule has 0 N–H and O–H groups in total. The molecule has 0 aliphatic carbocycles. The Labute approximate surface area is 397 Å². The minimum atomic E-state index is -0.698. The predicted molar refractivity (Wildman–Crippen MR) is 255 cm³/mol. The average molecular weight is 933 g/mol. The molecule has 0 unspecified atom stereocenters. The maximum absolute atomic E-state index is 12.6. The lowest BCUT2D eigenvalue weighted by molar-refractivity contribution is -0.676. The highest BCUT2D eigenvalue weighted by Crippen LogP contribution is 2.35. The lowest BCUT2D eigenvalue weighted by atomic mass is 10.1. The van der Waals surface area contributed by atoms with E-state index in [1.54, 1.807) is 56.6 Å². The minimum Gasteiger partial charge on any atom is -0.464 e. The molecule has 3 heterocycles. The van der Waals surface area contributed by atoms with Gasteiger partial charge < -0.3 is 33.3 Å². The Hall–Kier alpha value is -9.05. The van der Waals surface area contributed by atoms with Crippen LogP contribution in [-0.4, -0.2) is 83.5 Å². The highest BCUT2D eigenvalue weighted by Gasteiger charge is 2.28. The van der Waals surface area contributed by atoms with Gasteiger partial charge in [-0.15, -0.1) is 0 Å². The molecule has 0 saturated carbocycles. The summed E-state index contributed by atoms with van der Waals surface area (Å²) in [5, 5.41) is 0. The van der Waals surface area contributed by atoms with Crippen LogP contribution in [0.4, 0.5) is 17.1 Å². The van der Waals surface area contributed by atoms with E-state index in [1.165, 1.54) is 63.9 Å². The van der Waals surface area contributed by atoms with Crippen molar-refractivity contribution in [3.8, 4) is 0 Å². The maximum Gasteiger partial charge on any atom is 0.403 e. The molecule has 0 aliphatic rings. The largest absolute Gasteiger partial charge is 0.464 e. The second-order valence-electron chi connectivity index (χ2n) is 15.0. The SMILES string of the molecule is COC(=O)c1cc(/C=C/c2ccc(N(c3ccc(/C=C/c4cc(C(=O)OC)[n+](C)c(C(=O)OC)c4)cc3)c3ccc(/C=C/c4cc(C(=O)OC)[n+](C)c(C(=O)OC)c4)cc3)cc2)cc(C(=O)OC)n1. The molecule has 3 aromatic carbocycles. The predicted octanol–water partition coefficient (Wildman–Crippen LogP) is 7.43. The number of carbonyl (C=O) groups excluding carboxylic acids is 6. The van der Waals surface area contributed by atoms with Crippen molar-refractivity contribution in [3.63, 3.8) is 0 Å². The van der Waals surface area contributed by atoms with Crippen LogP contribution in [0, 0.1) is 0 Å². The fourth-order valence-electron chi connectivity index (χ4n) is 7.05. The number of benzene rings is 3. The fourth-order valence-corrected chi connectivity index (χ4v) is 7.05. The zero-order valence-electron chi connectivity index (χ0n) is 39.0. The summed E-state index contributed by atoms with van der Waals surface area (Å²) >= 11 is 0. The summed E-state index contributed by atoms with van der Waals surface area (Å²) in [7, 11) is 10.7. The highest BCUT2D eigenvalue weighted by atomic mass is 16.5. The second kappa shape index (κ2) is 22.4. The van der Waals surface area contributed by atoms with Crippen molar-refractivity contribution in [2.45, 2.75) is 0 Å². The molecule has 16 heteroatoms.